The maximum atomic E-state index is 5.96. The van der Waals surface area contributed by atoms with Crippen LogP contribution in [0.4, 0.5) is 11.5 Å². The summed E-state index contributed by atoms with van der Waals surface area (Å²) in [6.45, 7) is 5.00. The quantitative estimate of drug-likeness (QED) is 0.916. The number of nitrogens with one attached hydrogen (secondary N) is 1. The number of aromatic nitrogens is 1. The predicted octanol–water partition coefficient (Wildman–Crippen LogP) is 3.05. The highest BCUT2D eigenvalue weighted by atomic mass is 16.5. The van der Waals surface area contributed by atoms with E-state index in [4.69, 9.17) is 4.74 Å². The minimum atomic E-state index is 0.428. The van der Waals surface area contributed by atoms with Gasteiger partial charge in [0.25, 0.3) is 0 Å². The van der Waals surface area contributed by atoms with E-state index in [1.165, 1.54) is 31.4 Å². The van der Waals surface area contributed by atoms with Gasteiger partial charge in [-0.3, -0.25) is 0 Å². The lowest BCUT2D eigenvalue weighted by Crippen LogP contribution is -2.52. The van der Waals surface area contributed by atoms with Crippen LogP contribution in [-0.4, -0.2) is 36.8 Å². The molecule has 1 N–H and O–H groups in total. The molecule has 2 unspecified atom stereocenters. The Morgan fingerprint density at radius 3 is 3.20 bits per heavy atom. The van der Waals surface area contributed by atoms with Crippen LogP contribution in [0.2, 0.25) is 0 Å². The van der Waals surface area contributed by atoms with Crippen molar-refractivity contribution in [3.05, 3.63) is 18.3 Å². The van der Waals surface area contributed by atoms with E-state index in [1.807, 2.05) is 6.20 Å². The lowest BCUT2D eigenvalue weighted by Gasteiger charge is -2.45. The zero-order valence-electron chi connectivity index (χ0n) is 12.3. The molecule has 0 amide bonds. The number of anilines is 2. The zero-order valence-corrected chi connectivity index (χ0v) is 12.3. The molecule has 2 atom stereocenters. The van der Waals surface area contributed by atoms with Crippen molar-refractivity contribution in [2.24, 2.45) is 0 Å². The smallest absolute Gasteiger partial charge is 0.127 e. The lowest BCUT2D eigenvalue weighted by atomic mass is 9.90. The molecule has 1 aromatic heterocycles. The largest absolute Gasteiger partial charge is 0.374 e. The van der Waals surface area contributed by atoms with Crippen molar-refractivity contribution in [3.63, 3.8) is 0 Å². The Morgan fingerprint density at radius 1 is 1.40 bits per heavy atom. The topological polar surface area (TPSA) is 37.4 Å². The summed E-state index contributed by atoms with van der Waals surface area (Å²) in [5, 5.41) is 3.38. The van der Waals surface area contributed by atoms with E-state index < -0.39 is 0 Å². The highest BCUT2D eigenvalue weighted by Gasteiger charge is 2.34. The van der Waals surface area contributed by atoms with E-state index in [2.05, 4.69) is 34.3 Å². The van der Waals surface area contributed by atoms with Crippen molar-refractivity contribution in [2.75, 3.05) is 29.9 Å². The van der Waals surface area contributed by atoms with E-state index in [0.717, 1.165) is 31.9 Å². The molecule has 1 saturated heterocycles. The van der Waals surface area contributed by atoms with Crippen LogP contribution in [-0.2, 0) is 4.74 Å². The molecule has 0 bridgehead atoms. The molecule has 1 aliphatic heterocycles. The van der Waals surface area contributed by atoms with Crippen molar-refractivity contribution < 1.29 is 4.74 Å². The normalized spacial score (nSPS) is 26.1. The molecule has 3 rings (SSSR count). The Kier molecular flexibility index (Phi) is 4.41. The molecule has 2 fully saturated rings. The number of pyridine rings is 1. The number of morpholine rings is 1. The molecule has 1 aliphatic carbocycles. The minimum absolute atomic E-state index is 0.428. The van der Waals surface area contributed by atoms with Gasteiger partial charge in [0.15, 0.2) is 0 Å². The van der Waals surface area contributed by atoms with Crippen LogP contribution >= 0.6 is 0 Å². The van der Waals surface area contributed by atoms with Gasteiger partial charge in [0.05, 0.1) is 18.8 Å². The Morgan fingerprint density at radius 2 is 2.30 bits per heavy atom. The molecule has 4 heteroatoms. The van der Waals surface area contributed by atoms with Crippen molar-refractivity contribution in [1.29, 1.82) is 0 Å². The third-order valence-corrected chi connectivity index (χ3v) is 4.36. The van der Waals surface area contributed by atoms with Gasteiger partial charge in [-0.15, -0.1) is 0 Å². The van der Waals surface area contributed by atoms with E-state index in [0.29, 0.717) is 12.1 Å². The Balaban J connectivity index is 1.76. The van der Waals surface area contributed by atoms with Gasteiger partial charge in [0.2, 0.25) is 0 Å². The number of nitrogens with zero attached hydrogens (tertiary/aromatic N) is 2. The van der Waals surface area contributed by atoms with Crippen LogP contribution < -0.4 is 10.2 Å². The standard InChI is InChI=1S/C16H25N3O/c1-2-8-17-16-12-13(7-9-18-16)19-10-11-20-15-6-4-3-5-14(15)19/h7,9,12,14-15H,2-6,8,10-11H2,1H3,(H,17,18). The van der Waals surface area contributed by atoms with Gasteiger partial charge in [0.1, 0.15) is 5.82 Å². The average Bonchev–Trinajstić information content (AvgIpc) is 2.52. The van der Waals surface area contributed by atoms with Crippen LogP contribution in [0.1, 0.15) is 39.0 Å². The molecule has 1 aromatic rings. The van der Waals surface area contributed by atoms with Crippen molar-refractivity contribution in [3.8, 4) is 0 Å². The molecule has 110 valence electrons. The van der Waals surface area contributed by atoms with E-state index >= 15 is 0 Å². The monoisotopic (exact) mass is 275 g/mol. The number of hydrogen-bond acceptors (Lipinski definition) is 4. The van der Waals surface area contributed by atoms with Crippen molar-refractivity contribution in [2.45, 2.75) is 51.2 Å². The highest BCUT2D eigenvalue weighted by molar-refractivity contribution is 5.55. The summed E-state index contributed by atoms with van der Waals surface area (Å²) in [7, 11) is 0. The van der Waals surface area contributed by atoms with E-state index in [-0.39, 0.29) is 0 Å². The fourth-order valence-electron chi connectivity index (χ4n) is 3.36. The fourth-order valence-corrected chi connectivity index (χ4v) is 3.36. The molecule has 0 radical (unpaired) electrons. The van der Waals surface area contributed by atoms with Crippen molar-refractivity contribution in [1.82, 2.24) is 4.98 Å². The zero-order chi connectivity index (χ0) is 13.8. The summed E-state index contributed by atoms with van der Waals surface area (Å²) in [6.07, 6.45) is 8.58. The molecule has 2 aliphatic rings. The lowest BCUT2D eigenvalue weighted by molar-refractivity contribution is -0.00867. The Bertz CT molecular complexity index is 435. The van der Waals surface area contributed by atoms with Gasteiger partial charge < -0.3 is 15.0 Å². The average molecular weight is 275 g/mol. The molecule has 4 nitrogen and oxygen atoms in total. The van der Waals surface area contributed by atoms with Gasteiger partial charge in [-0.2, -0.15) is 0 Å². The predicted molar refractivity (Wildman–Crippen MR) is 82.4 cm³/mol. The molecular formula is C16H25N3O. The molecule has 0 aromatic carbocycles. The summed E-state index contributed by atoms with van der Waals surface area (Å²) in [4.78, 5) is 6.94. The first kappa shape index (κ1) is 13.7. The maximum Gasteiger partial charge on any atom is 0.127 e. The third-order valence-electron chi connectivity index (χ3n) is 4.36. The third kappa shape index (κ3) is 2.90. The van der Waals surface area contributed by atoms with Gasteiger partial charge in [0, 0.05) is 31.0 Å². The van der Waals surface area contributed by atoms with Crippen LogP contribution in [0, 0.1) is 0 Å². The maximum absolute atomic E-state index is 5.96. The number of hydrogen-bond donors (Lipinski definition) is 1. The summed E-state index contributed by atoms with van der Waals surface area (Å²) in [5.74, 6) is 0.989. The summed E-state index contributed by atoms with van der Waals surface area (Å²) in [6, 6.07) is 4.87. The number of fused-ring (bicyclic) bond motifs is 1. The second-order valence-corrected chi connectivity index (χ2v) is 5.78. The van der Waals surface area contributed by atoms with E-state index in [9.17, 15) is 0 Å². The Hall–Kier alpha value is -1.29. The molecule has 0 spiro atoms. The highest BCUT2D eigenvalue weighted by Crippen LogP contribution is 2.32. The molecule has 20 heavy (non-hydrogen) atoms. The number of rotatable bonds is 4. The first-order valence-corrected chi connectivity index (χ1v) is 7.96. The summed E-state index contributed by atoms with van der Waals surface area (Å²) >= 11 is 0. The first-order valence-electron chi connectivity index (χ1n) is 7.96. The van der Waals surface area contributed by atoms with Crippen LogP contribution in [0.5, 0.6) is 0 Å². The molecule has 2 heterocycles. The van der Waals surface area contributed by atoms with Crippen molar-refractivity contribution >= 4 is 11.5 Å². The van der Waals surface area contributed by atoms with Gasteiger partial charge in [-0.25, -0.2) is 4.98 Å². The van der Waals surface area contributed by atoms with Crippen LogP contribution in [0.25, 0.3) is 0 Å². The van der Waals surface area contributed by atoms with Crippen LogP contribution in [0.3, 0.4) is 0 Å². The second-order valence-electron chi connectivity index (χ2n) is 5.78. The second kappa shape index (κ2) is 6.44. The Labute approximate surface area is 121 Å². The minimum Gasteiger partial charge on any atom is -0.374 e. The molecular weight excluding hydrogens is 250 g/mol. The van der Waals surface area contributed by atoms with Gasteiger partial charge in [-0.1, -0.05) is 19.8 Å². The SMILES string of the molecule is CCCNc1cc(N2CCOC3CCCCC32)ccn1. The molecule has 1 saturated carbocycles. The van der Waals surface area contributed by atoms with Gasteiger partial charge in [-0.05, 0) is 25.3 Å². The summed E-state index contributed by atoms with van der Waals surface area (Å²) < 4.78 is 5.96. The van der Waals surface area contributed by atoms with Crippen LogP contribution in [0.15, 0.2) is 18.3 Å². The summed E-state index contributed by atoms with van der Waals surface area (Å²) in [5.41, 5.74) is 1.29. The van der Waals surface area contributed by atoms with Gasteiger partial charge >= 0.3 is 0 Å². The fraction of sp³-hybridized carbons (Fsp3) is 0.688. The number of ether oxygens (including phenoxy) is 1. The van der Waals surface area contributed by atoms with E-state index in [1.54, 1.807) is 0 Å². The first-order chi connectivity index (χ1) is 9.88.